The highest BCUT2D eigenvalue weighted by Crippen LogP contribution is 2.40. The van der Waals surface area contributed by atoms with E-state index in [0.29, 0.717) is 0 Å². The Morgan fingerprint density at radius 2 is 2.33 bits per heavy atom. The molecule has 1 aromatic rings. The summed E-state index contributed by atoms with van der Waals surface area (Å²) in [5.74, 6) is 0. The fraction of sp³-hybridized carbons (Fsp3) is 0.273. The van der Waals surface area contributed by atoms with Gasteiger partial charge in [-0.25, -0.2) is 0 Å². The van der Waals surface area contributed by atoms with Crippen LogP contribution in [0.4, 0.5) is 0 Å². The molecule has 2 rings (SSSR count). The molecule has 0 saturated heterocycles. The molecule has 2 heterocycles. The Balaban J connectivity index is 2.46. The van der Waals surface area contributed by atoms with E-state index in [1.165, 1.54) is 15.3 Å². The minimum atomic E-state index is 0.912. The van der Waals surface area contributed by atoms with Gasteiger partial charge < -0.3 is 10.2 Å². The lowest BCUT2D eigenvalue weighted by Crippen LogP contribution is -2.12. The minimum Gasteiger partial charge on any atom is -0.350 e. The number of nitrogens with one attached hydrogen (secondary N) is 1. The van der Waals surface area contributed by atoms with Crippen LogP contribution < -0.4 is 5.32 Å². The zero-order chi connectivity index (χ0) is 11.0. The summed E-state index contributed by atoms with van der Waals surface area (Å²) in [7, 11) is 3.98. The number of hydrogen-bond acceptors (Lipinski definition) is 3. The first kappa shape index (κ1) is 10.9. The smallest absolute Gasteiger partial charge is 0.0523 e. The maximum absolute atomic E-state index is 4.09. The number of thiophene rings is 1. The third-order valence-electron chi connectivity index (χ3n) is 2.39. The molecule has 0 aromatic carbocycles. The summed E-state index contributed by atoms with van der Waals surface area (Å²) in [4.78, 5) is 4.66. The Bertz CT molecular complexity index is 434. The summed E-state index contributed by atoms with van der Waals surface area (Å²) < 4.78 is 1.14. The second kappa shape index (κ2) is 4.12. The Morgan fingerprint density at radius 3 is 3.00 bits per heavy atom. The normalized spacial score (nSPS) is 15.3. The van der Waals surface area contributed by atoms with E-state index in [2.05, 4.69) is 40.1 Å². The van der Waals surface area contributed by atoms with Crippen LogP contribution in [-0.2, 0) is 6.54 Å². The van der Waals surface area contributed by atoms with Crippen molar-refractivity contribution in [3.05, 3.63) is 34.2 Å². The summed E-state index contributed by atoms with van der Waals surface area (Å²) in [6.07, 6.45) is 2.06. The molecule has 1 aromatic heterocycles. The molecule has 0 saturated carbocycles. The third-order valence-corrected chi connectivity index (χ3v) is 4.43. The number of fused-ring (bicyclic) bond motifs is 1. The molecule has 0 fully saturated rings. The van der Waals surface area contributed by atoms with Crippen molar-refractivity contribution in [3.63, 3.8) is 0 Å². The van der Waals surface area contributed by atoms with E-state index in [0.717, 1.165) is 16.7 Å². The molecular formula is C11H13BrN2S. The van der Waals surface area contributed by atoms with Crippen molar-refractivity contribution < 1.29 is 0 Å². The van der Waals surface area contributed by atoms with E-state index in [4.69, 9.17) is 0 Å². The van der Waals surface area contributed by atoms with Gasteiger partial charge in [0.15, 0.2) is 0 Å². The van der Waals surface area contributed by atoms with Gasteiger partial charge in [-0.15, -0.1) is 11.3 Å². The molecule has 0 unspecified atom stereocenters. The third kappa shape index (κ3) is 1.89. The quantitative estimate of drug-likeness (QED) is 0.898. The van der Waals surface area contributed by atoms with Gasteiger partial charge in [-0.2, -0.15) is 0 Å². The predicted octanol–water partition coefficient (Wildman–Crippen LogP) is 3.08. The van der Waals surface area contributed by atoms with Crippen molar-refractivity contribution >= 4 is 37.4 Å². The summed E-state index contributed by atoms with van der Waals surface area (Å²) in [6, 6.07) is 2.21. The number of halogens is 1. The first-order valence-corrected chi connectivity index (χ1v) is 6.31. The van der Waals surface area contributed by atoms with Crippen LogP contribution in [0.2, 0.25) is 0 Å². The second-order valence-electron chi connectivity index (χ2n) is 3.52. The Labute approximate surface area is 102 Å². The minimum absolute atomic E-state index is 0.912. The van der Waals surface area contributed by atoms with E-state index in [1.807, 2.05) is 30.3 Å². The van der Waals surface area contributed by atoms with Gasteiger partial charge in [-0.1, -0.05) is 6.58 Å². The van der Waals surface area contributed by atoms with E-state index in [1.54, 1.807) is 0 Å². The summed E-state index contributed by atoms with van der Waals surface area (Å²) in [5.41, 5.74) is 2.30. The van der Waals surface area contributed by atoms with Crippen LogP contribution in [-0.4, -0.2) is 19.0 Å². The maximum atomic E-state index is 4.09. The molecule has 0 bridgehead atoms. The van der Waals surface area contributed by atoms with Gasteiger partial charge in [0.2, 0.25) is 0 Å². The summed E-state index contributed by atoms with van der Waals surface area (Å²) in [6.45, 7) is 5.00. The van der Waals surface area contributed by atoms with Crippen molar-refractivity contribution in [1.82, 2.24) is 10.2 Å². The first-order chi connectivity index (χ1) is 7.13. The van der Waals surface area contributed by atoms with Gasteiger partial charge in [0, 0.05) is 35.9 Å². The van der Waals surface area contributed by atoms with Crippen molar-refractivity contribution in [1.29, 1.82) is 0 Å². The topological polar surface area (TPSA) is 15.3 Å². The number of hydrogen-bond donors (Lipinski definition) is 1. The van der Waals surface area contributed by atoms with Gasteiger partial charge in [0.25, 0.3) is 0 Å². The van der Waals surface area contributed by atoms with Crippen LogP contribution in [0.1, 0.15) is 15.3 Å². The van der Waals surface area contributed by atoms with Crippen LogP contribution in [0.15, 0.2) is 18.8 Å². The Hall–Kier alpha value is -0.580. The van der Waals surface area contributed by atoms with Gasteiger partial charge in [0.05, 0.1) is 9.36 Å². The first-order valence-electron chi connectivity index (χ1n) is 4.70. The van der Waals surface area contributed by atoms with Crippen LogP contribution in [0.25, 0.3) is 10.2 Å². The lowest BCUT2D eigenvalue weighted by atomic mass is 10.1. The SMILES string of the molecule is C=C1c2cc(CNC)sc2C(Br)=CN1C. The van der Waals surface area contributed by atoms with Crippen LogP contribution in [0, 0.1) is 0 Å². The highest BCUT2D eigenvalue weighted by molar-refractivity contribution is 9.15. The number of nitrogens with zero attached hydrogens (tertiary/aromatic N) is 1. The largest absolute Gasteiger partial charge is 0.350 e. The van der Waals surface area contributed by atoms with Gasteiger partial charge in [-0.3, -0.25) is 0 Å². The molecular weight excluding hydrogens is 272 g/mol. The number of rotatable bonds is 2. The highest BCUT2D eigenvalue weighted by atomic mass is 79.9. The zero-order valence-corrected chi connectivity index (χ0v) is 11.2. The molecule has 80 valence electrons. The molecule has 15 heavy (non-hydrogen) atoms. The highest BCUT2D eigenvalue weighted by Gasteiger charge is 2.20. The molecule has 0 spiro atoms. The molecule has 2 nitrogen and oxygen atoms in total. The molecule has 0 aliphatic carbocycles. The molecule has 0 amide bonds. The van der Waals surface area contributed by atoms with Crippen molar-refractivity contribution in [2.45, 2.75) is 6.54 Å². The second-order valence-corrected chi connectivity index (χ2v) is 5.51. The average Bonchev–Trinajstić information content (AvgIpc) is 2.60. The molecule has 1 N–H and O–H groups in total. The fourth-order valence-electron chi connectivity index (χ4n) is 1.59. The monoisotopic (exact) mass is 284 g/mol. The van der Waals surface area contributed by atoms with Gasteiger partial charge in [-0.05, 0) is 29.0 Å². The Morgan fingerprint density at radius 1 is 1.60 bits per heavy atom. The van der Waals surface area contributed by atoms with Crippen LogP contribution in [0.3, 0.4) is 0 Å². The summed E-state index contributed by atoms with van der Waals surface area (Å²) >= 11 is 5.40. The van der Waals surface area contributed by atoms with Crippen LogP contribution >= 0.6 is 27.3 Å². The lowest BCUT2D eigenvalue weighted by molar-refractivity contribution is 0.656. The summed E-state index contributed by atoms with van der Waals surface area (Å²) in [5, 5.41) is 3.17. The average molecular weight is 285 g/mol. The molecule has 1 aliphatic rings. The van der Waals surface area contributed by atoms with Gasteiger partial charge >= 0.3 is 0 Å². The van der Waals surface area contributed by atoms with E-state index >= 15 is 0 Å². The van der Waals surface area contributed by atoms with Crippen molar-refractivity contribution in [2.75, 3.05) is 14.1 Å². The van der Waals surface area contributed by atoms with Crippen molar-refractivity contribution in [3.8, 4) is 0 Å². The van der Waals surface area contributed by atoms with Gasteiger partial charge in [0.1, 0.15) is 0 Å². The molecule has 0 radical (unpaired) electrons. The maximum Gasteiger partial charge on any atom is 0.0523 e. The fourth-order valence-corrected chi connectivity index (χ4v) is 3.45. The van der Waals surface area contributed by atoms with E-state index < -0.39 is 0 Å². The molecule has 4 heteroatoms. The lowest BCUT2D eigenvalue weighted by Gasteiger charge is -2.22. The van der Waals surface area contributed by atoms with Crippen molar-refractivity contribution in [2.24, 2.45) is 0 Å². The Kier molecular flexibility index (Phi) is 3.00. The van der Waals surface area contributed by atoms with Crippen LogP contribution in [0.5, 0.6) is 0 Å². The molecule has 0 atom stereocenters. The predicted molar refractivity (Wildman–Crippen MR) is 70.8 cm³/mol. The standard InChI is InChI=1S/C11H13BrN2S/c1-7-9-4-8(5-13-2)15-11(9)10(12)6-14(7)3/h4,6,13H,1,5H2,2-3H3. The zero-order valence-electron chi connectivity index (χ0n) is 8.80. The molecule has 1 aliphatic heterocycles. The van der Waals surface area contributed by atoms with E-state index in [9.17, 15) is 0 Å². The van der Waals surface area contributed by atoms with E-state index in [-0.39, 0.29) is 0 Å².